The first-order valence-electron chi connectivity index (χ1n) is 6.49. The van der Waals surface area contributed by atoms with E-state index in [1.165, 1.54) is 0 Å². The Labute approximate surface area is 112 Å². The number of hydrogen-bond acceptors (Lipinski definition) is 3. The quantitative estimate of drug-likeness (QED) is 0.890. The van der Waals surface area contributed by atoms with Gasteiger partial charge in [0.05, 0.1) is 18.0 Å². The SMILES string of the molecule is Cc1cccnc1CC(=O)N1CCC(C(=O)O)CC1. The van der Waals surface area contributed by atoms with Gasteiger partial charge in [-0.3, -0.25) is 14.6 Å². The lowest BCUT2D eigenvalue weighted by atomic mass is 9.97. The molecule has 1 saturated heterocycles. The molecule has 1 fully saturated rings. The highest BCUT2D eigenvalue weighted by atomic mass is 16.4. The van der Waals surface area contributed by atoms with E-state index in [1.807, 2.05) is 19.1 Å². The predicted molar refractivity (Wildman–Crippen MR) is 69.6 cm³/mol. The minimum absolute atomic E-state index is 0.0330. The lowest BCUT2D eigenvalue weighted by Gasteiger charge is -2.30. The monoisotopic (exact) mass is 262 g/mol. The second-order valence-corrected chi connectivity index (χ2v) is 4.94. The average molecular weight is 262 g/mol. The van der Waals surface area contributed by atoms with Crippen molar-refractivity contribution >= 4 is 11.9 Å². The molecule has 0 aromatic carbocycles. The van der Waals surface area contributed by atoms with Gasteiger partial charge in [-0.05, 0) is 31.4 Å². The fourth-order valence-corrected chi connectivity index (χ4v) is 2.33. The number of aryl methyl sites for hydroxylation is 1. The Kier molecular flexibility index (Phi) is 4.14. The van der Waals surface area contributed by atoms with Gasteiger partial charge in [0.15, 0.2) is 0 Å². The Morgan fingerprint density at radius 3 is 2.68 bits per heavy atom. The topological polar surface area (TPSA) is 70.5 Å². The van der Waals surface area contributed by atoms with Crippen molar-refractivity contribution in [3.8, 4) is 0 Å². The molecule has 5 nitrogen and oxygen atoms in total. The molecule has 102 valence electrons. The average Bonchev–Trinajstić information content (AvgIpc) is 2.41. The van der Waals surface area contributed by atoms with Crippen molar-refractivity contribution < 1.29 is 14.7 Å². The van der Waals surface area contributed by atoms with Crippen LogP contribution in [0.15, 0.2) is 18.3 Å². The van der Waals surface area contributed by atoms with Crippen LogP contribution < -0.4 is 0 Å². The molecule has 0 atom stereocenters. The summed E-state index contributed by atoms with van der Waals surface area (Å²) in [6.45, 7) is 3.00. The van der Waals surface area contributed by atoms with Crippen LogP contribution >= 0.6 is 0 Å². The summed E-state index contributed by atoms with van der Waals surface area (Å²) in [4.78, 5) is 28.9. The van der Waals surface area contributed by atoms with Crippen molar-refractivity contribution in [2.24, 2.45) is 5.92 Å². The van der Waals surface area contributed by atoms with Crippen LogP contribution in [-0.4, -0.2) is 40.0 Å². The van der Waals surface area contributed by atoms with Gasteiger partial charge in [-0.25, -0.2) is 0 Å². The van der Waals surface area contributed by atoms with Gasteiger partial charge >= 0.3 is 5.97 Å². The second kappa shape index (κ2) is 5.82. The fourth-order valence-electron chi connectivity index (χ4n) is 2.33. The maximum Gasteiger partial charge on any atom is 0.306 e. The largest absolute Gasteiger partial charge is 0.481 e. The van der Waals surface area contributed by atoms with E-state index in [-0.39, 0.29) is 11.8 Å². The number of carbonyl (C=O) groups excluding carboxylic acids is 1. The molecular formula is C14H18N2O3. The molecule has 1 aliphatic heterocycles. The molecule has 5 heteroatoms. The molecule has 0 radical (unpaired) electrons. The molecule has 1 N–H and O–H groups in total. The summed E-state index contributed by atoms with van der Waals surface area (Å²) in [7, 11) is 0. The number of carbonyl (C=O) groups is 2. The molecule has 1 aliphatic rings. The van der Waals surface area contributed by atoms with Crippen molar-refractivity contribution in [3.63, 3.8) is 0 Å². The zero-order chi connectivity index (χ0) is 13.8. The molecule has 0 bridgehead atoms. The van der Waals surface area contributed by atoms with Crippen molar-refractivity contribution in [2.75, 3.05) is 13.1 Å². The van der Waals surface area contributed by atoms with Crippen LogP contribution in [0.4, 0.5) is 0 Å². The smallest absolute Gasteiger partial charge is 0.306 e. The van der Waals surface area contributed by atoms with Crippen LogP contribution in [0.25, 0.3) is 0 Å². The Hall–Kier alpha value is -1.91. The van der Waals surface area contributed by atoms with E-state index < -0.39 is 5.97 Å². The Morgan fingerprint density at radius 2 is 2.11 bits per heavy atom. The number of rotatable bonds is 3. The molecule has 19 heavy (non-hydrogen) atoms. The van der Waals surface area contributed by atoms with Crippen molar-refractivity contribution in [1.82, 2.24) is 9.88 Å². The fraction of sp³-hybridized carbons (Fsp3) is 0.500. The number of nitrogens with zero attached hydrogens (tertiary/aromatic N) is 2. The minimum Gasteiger partial charge on any atom is -0.481 e. The van der Waals surface area contributed by atoms with Gasteiger partial charge in [0.2, 0.25) is 5.91 Å². The highest BCUT2D eigenvalue weighted by Gasteiger charge is 2.27. The molecule has 2 rings (SSSR count). The van der Waals surface area contributed by atoms with E-state index in [0.29, 0.717) is 32.4 Å². The highest BCUT2D eigenvalue weighted by molar-refractivity contribution is 5.79. The number of piperidine rings is 1. The zero-order valence-electron chi connectivity index (χ0n) is 11.0. The Morgan fingerprint density at radius 1 is 1.42 bits per heavy atom. The van der Waals surface area contributed by atoms with E-state index in [1.54, 1.807) is 11.1 Å². The summed E-state index contributed by atoms with van der Waals surface area (Å²) in [5, 5.41) is 8.92. The maximum atomic E-state index is 12.1. The summed E-state index contributed by atoms with van der Waals surface area (Å²) >= 11 is 0. The van der Waals surface area contributed by atoms with Crippen LogP contribution in [0.3, 0.4) is 0 Å². The number of carboxylic acids is 1. The minimum atomic E-state index is -0.757. The van der Waals surface area contributed by atoms with Crippen molar-refractivity contribution in [1.29, 1.82) is 0 Å². The van der Waals surface area contributed by atoms with Gasteiger partial charge < -0.3 is 10.0 Å². The number of likely N-dealkylation sites (tertiary alicyclic amines) is 1. The number of hydrogen-bond donors (Lipinski definition) is 1. The third-order valence-electron chi connectivity index (χ3n) is 3.63. The molecule has 0 saturated carbocycles. The van der Waals surface area contributed by atoms with Gasteiger partial charge in [-0.15, -0.1) is 0 Å². The lowest BCUT2D eigenvalue weighted by Crippen LogP contribution is -2.41. The molecular weight excluding hydrogens is 244 g/mol. The van der Waals surface area contributed by atoms with Crippen LogP contribution in [0.1, 0.15) is 24.1 Å². The molecule has 0 unspecified atom stereocenters. The van der Waals surface area contributed by atoms with Gasteiger partial charge in [-0.2, -0.15) is 0 Å². The zero-order valence-corrected chi connectivity index (χ0v) is 11.0. The van der Waals surface area contributed by atoms with Crippen molar-refractivity contribution in [3.05, 3.63) is 29.6 Å². The lowest BCUT2D eigenvalue weighted by molar-refractivity contribution is -0.145. The van der Waals surface area contributed by atoms with Crippen molar-refractivity contribution in [2.45, 2.75) is 26.2 Å². The molecule has 0 spiro atoms. The van der Waals surface area contributed by atoms with Gasteiger partial charge in [0.25, 0.3) is 0 Å². The summed E-state index contributed by atoms with van der Waals surface area (Å²) in [5.74, 6) is -1.03. The van der Waals surface area contributed by atoms with E-state index in [2.05, 4.69) is 4.98 Å². The number of aliphatic carboxylic acids is 1. The number of aromatic nitrogens is 1. The van der Waals surface area contributed by atoms with Gasteiger partial charge in [-0.1, -0.05) is 6.07 Å². The number of amides is 1. The third-order valence-corrected chi connectivity index (χ3v) is 3.63. The second-order valence-electron chi connectivity index (χ2n) is 4.94. The van der Waals surface area contributed by atoms with E-state index in [0.717, 1.165) is 11.3 Å². The summed E-state index contributed by atoms with van der Waals surface area (Å²) in [5.41, 5.74) is 1.81. The summed E-state index contributed by atoms with van der Waals surface area (Å²) < 4.78 is 0. The third kappa shape index (κ3) is 3.30. The maximum absolute atomic E-state index is 12.1. The highest BCUT2D eigenvalue weighted by Crippen LogP contribution is 2.18. The molecule has 1 aromatic heterocycles. The molecule has 0 aliphatic carbocycles. The number of carboxylic acid groups (broad SMARTS) is 1. The first-order valence-corrected chi connectivity index (χ1v) is 6.49. The molecule has 1 aromatic rings. The van der Waals surface area contributed by atoms with Crippen LogP contribution in [-0.2, 0) is 16.0 Å². The number of pyridine rings is 1. The molecule has 2 heterocycles. The predicted octanol–water partition coefficient (Wildman–Crippen LogP) is 1.26. The Balaban J connectivity index is 1.92. The molecule has 1 amide bonds. The van der Waals surface area contributed by atoms with Crippen LogP contribution in [0, 0.1) is 12.8 Å². The normalized spacial score (nSPS) is 16.4. The summed E-state index contributed by atoms with van der Waals surface area (Å²) in [6, 6.07) is 3.79. The van der Waals surface area contributed by atoms with E-state index >= 15 is 0 Å². The summed E-state index contributed by atoms with van der Waals surface area (Å²) in [6.07, 6.45) is 3.07. The van der Waals surface area contributed by atoms with E-state index in [4.69, 9.17) is 5.11 Å². The first kappa shape index (κ1) is 13.5. The standard InChI is InChI=1S/C14H18N2O3/c1-10-3-2-6-15-12(10)9-13(17)16-7-4-11(5-8-16)14(18)19/h2-3,6,11H,4-5,7-9H2,1H3,(H,18,19). The van der Waals surface area contributed by atoms with Crippen LogP contribution in [0.5, 0.6) is 0 Å². The Bertz CT molecular complexity index is 479. The first-order chi connectivity index (χ1) is 9.08. The van der Waals surface area contributed by atoms with Gasteiger partial charge in [0.1, 0.15) is 0 Å². The van der Waals surface area contributed by atoms with Crippen LogP contribution in [0.2, 0.25) is 0 Å². The van der Waals surface area contributed by atoms with E-state index in [9.17, 15) is 9.59 Å². The van der Waals surface area contributed by atoms with Gasteiger partial charge in [0, 0.05) is 19.3 Å².